The molecule has 0 radical (unpaired) electrons. The molecule has 1 heterocycles. The third-order valence-corrected chi connectivity index (χ3v) is 3.69. The number of hydrogen-bond donors (Lipinski definition) is 4. The van der Waals surface area contributed by atoms with Crippen LogP contribution in [0.25, 0.3) is 0 Å². The molecule has 0 aliphatic carbocycles. The number of nitrogens with zero attached hydrogens (tertiary/aromatic N) is 2. The van der Waals surface area contributed by atoms with E-state index in [1.165, 1.54) is 0 Å². The Morgan fingerprint density at radius 1 is 1.22 bits per heavy atom. The number of nitrogens with one attached hydrogen (secondary N) is 2. The zero-order chi connectivity index (χ0) is 16.1. The molecule has 0 amide bonds. The third-order valence-electron chi connectivity index (χ3n) is 3.69. The summed E-state index contributed by atoms with van der Waals surface area (Å²) in [6, 6.07) is 15.3. The number of fused-ring (bicyclic) bond motifs is 1. The van der Waals surface area contributed by atoms with E-state index in [0.29, 0.717) is 5.75 Å². The first kappa shape index (κ1) is 15.0. The molecule has 23 heavy (non-hydrogen) atoms. The fourth-order valence-electron chi connectivity index (χ4n) is 2.46. The summed E-state index contributed by atoms with van der Waals surface area (Å²) >= 11 is 0. The van der Waals surface area contributed by atoms with E-state index in [2.05, 4.69) is 21.1 Å². The minimum atomic E-state index is -0.789. The predicted octanol–water partition coefficient (Wildman–Crippen LogP) is 0.611. The second-order valence-electron chi connectivity index (χ2n) is 5.14. The molecular weight excluding hydrogens is 292 g/mol. The Kier molecular flexibility index (Phi) is 4.22. The van der Waals surface area contributed by atoms with Gasteiger partial charge < -0.3 is 10.6 Å². The Labute approximate surface area is 134 Å². The van der Waals surface area contributed by atoms with Crippen molar-refractivity contribution in [2.45, 2.75) is 5.66 Å². The Bertz CT molecular complexity index is 728. The fraction of sp³-hybridized carbons (Fsp3) is 0.125. The highest BCUT2D eigenvalue weighted by atomic mass is 16.5. The Morgan fingerprint density at radius 2 is 2.00 bits per heavy atom. The lowest BCUT2D eigenvalue weighted by molar-refractivity contribution is 0.144. The van der Waals surface area contributed by atoms with Crippen molar-refractivity contribution >= 4 is 12.4 Å². The summed E-state index contributed by atoms with van der Waals surface area (Å²) in [7, 11) is 0. The maximum Gasteiger partial charge on any atom is 0.177 e. The summed E-state index contributed by atoms with van der Waals surface area (Å²) in [5, 5.41) is 7.65. The number of rotatable bonds is 5. The molecule has 118 valence electrons. The van der Waals surface area contributed by atoms with Gasteiger partial charge in [-0.1, -0.05) is 24.3 Å². The van der Waals surface area contributed by atoms with E-state index < -0.39 is 5.66 Å². The van der Waals surface area contributed by atoms with E-state index in [-0.39, 0.29) is 6.61 Å². The first-order valence-corrected chi connectivity index (χ1v) is 7.11. The van der Waals surface area contributed by atoms with Gasteiger partial charge in [-0.15, -0.1) is 0 Å². The zero-order valence-corrected chi connectivity index (χ0v) is 12.4. The average molecular weight is 310 g/mol. The van der Waals surface area contributed by atoms with Crippen molar-refractivity contribution in [2.75, 3.05) is 6.61 Å². The van der Waals surface area contributed by atoms with Crippen molar-refractivity contribution in [1.29, 1.82) is 0 Å². The van der Waals surface area contributed by atoms with E-state index in [4.69, 9.17) is 16.4 Å². The third kappa shape index (κ3) is 3.01. The first-order valence-electron chi connectivity index (χ1n) is 7.11. The smallest absolute Gasteiger partial charge is 0.177 e. The minimum Gasteiger partial charge on any atom is -0.489 e. The lowest BCUT2D eigenvalue weighted by atomic mass is 9.95. The molecule has 0 fully saturated rings. The lowest BCUT2D eigenvalue weighted by Crippen LogP contribution is -2.60. The number of hydrazone groups is 2. The van der Waals surface area contributed by atoms with Crippen LogP contribution in [0.1, 0.15) is 16.7 Å². The number of nitrogens with two attached hydrogens (primary N) is 2. The average Bonchev–Trinajstić information content (AvgIpc) is 2.61. The van der Waals surface area contributed by atoms with Crippen molar-refractivity contribution in [1.82, 2.24) is 10.9 Å². The molecule has 1 aliphatic rings. The fourth-order valence-corrected chi connectivity index (χ4v) is 2.46. The van der Waals surface area contributed by atoms with Crippen LogP contribution in [0.3, 0.4) is 0 Å². The molecule has 1 atom stereocenters. The molecule has 3 rings (SSSR count). The van der Waals surface area contributed by atoms with E-state index in [9.17, 15) is 0 Å². The van der Waals surface area contributed by atoms with Crippen LogP contribution in [0.15, 0.2) is 58.7 Å². The zero-order valence-electron chi connectivity index (χ0n) is 12.4. The van der Waals surface area contributed by atoms with E-state index in [1.807, 2.05) is 48.5 Å². The molecule has 0 bridgehead atoms. The summed E-state index contributed by atoms with van der Waals surface area (Å²) in [6.45, 7) is 0.266. The quantitative estimate of drug-likeness (QED) is 0.367. The van der Waals surface area contributed by atoms with Crippen LogP contribution in [-0.2, 0) is 5.66 Å². The van der Waals surface area contributed by atoms with Crippen LogP contribution in [0, 0.1) is 0 Å². The Hall–Kier alpha value is -2.90. The largest absolute Gasteiger partial charge is 0.489 e. The second kappa shape index (κ2) is 6.47. The highest BCUT2D eigenvalue weighted by Crippen LogP contribution is 2.25. The monoisotopic (exact) mass is 310 g/mol. The number of benzene rings is 2. The van der Waals surface area contributed by atoms with Crippen LogP contribution in [0.5, 0.6) is 5.75 Å². The standard InChI is InChI=1S/C16H18N6O/c17-19-9-12-5-7-14(8-6-12)23-11-16(21-18)15-4-2-1-3-13(15)10-20-22-16/h1-10,21-22H,11,17-18H2. The van der Waals surface area contributed by atoms with Gasteiger partial charge >= 0.3 is 0 Å². The lowest BCUT2D eigenvalue weighted by Gasteiger charge is -2.36. The van der Waals surface area contributed by atoms with Gasteiger partial charge in [0.15, 0.2) is 5.66 Å². The van der Waals surface area contributed by atoms with Crippen LogP contribution >= 0.6 is 0 Å². The van der Waals surface area contributed by atoms with Crippen LogP contribution in [-0.4, -0.2) is 19.0 Å². The van der Waals surface area contributed by atoms with Crippen LogP contribution in [0.4, 0.5) is 0 Å². The topological polar surface area (TPSA) is 110 Å². The molecule has 6 N–H and O–H groups in total. The summed E-state index contributed by atoms with van der Waals surface area (Å²) in [5.41, 5.74) is 7.87. The van der Waals surface area contributed by atoms with Gasteiger partial charge in [0, 0.05) is 11.1 Å². The normalized spacial score (nSPS) is 19.3. The molecular formula is C16H18N6O. The van der Waals surface area contributed by atoms with Gasteiger partial charge in [0.05, 0.1) is 12.4 Å². The SMILES string of the molecule is NN=Cc1ccc(OCC2(NN)NN=Cc3ccccc32)cc1. The summed E-state index contributed by atoms with van der Waals surface area (Å²) in [5.74, 6) is 11.6. The van der Waals surface area contributed by atoms with Crippen molar-refractivity contribution in [2.24, 2.45) is 21.9 Å². The highest BCUT2D eigenvalue weighted by Gasteiger charge is 2.35. The molecule has 0 aromatic heterocycles. The van der Waals surface area contributed by atoms with Gasteiger partial charge in [0.25, 0.3) is 0 Å². The van der Waals surface area contributed by atoms with Crippen molar-refractivity contribution in [3.63, 3.8) is 0 Å². The van der Waals surface area contributed by atoms with Crippen molar-refractivity contribution < 1.29 is 4.74 Å². The molecule has 0 saturated heterocycles. The van der Waals surface area contributed by atoms with Gasteiger partial charge in [0.1, 0.15) is 12.4 Å². The Balaban J connectivity index is 1.79. The minimum absolute atomic E-state index is 0.266. The molecule has 2 aromatic carbocycles. The van der Waals surface area contributed by atoms with E-state index in [1.54, 1.807) is 12.4 Å². The summed E-state index contributed by atoms with van der Waals surface area (Å²) in [6.07, 6.45) is 3.33. The van der Waals surface area contributed by atoms with Crippen LogP contribution in [0.2, 0.25) is 0 Å². The maximum absolute atomic E-state index is 5.88. The van der Waals surface area contributed by atoms with E-state index >= 15 is 0 Å². The summed E-state index contributed by atoms with van der Waals surface area (Å²) < 4.78 is 5.88. The van der Waals surface area contributed by atoms with Gasteiger partial charge in [-0.25, -0.2) is 5.43 Å². The first-order chi connectivity index (χ1) is 11.3. The second-order valence-corrected chi connectivity index (χ2v) is 5.14. The molecule has 7 heteroatoms. The molecule has 2 aromatic rings. The van der Waals surface area contributed by atoms with Crippen LogP contribution < -0.4 is 27.3 Å². The highest BCUT2D eigenvalue weighted by molar-refractivity contribution is 5.83. The number of hydrogen-bond acceptors (Lipinski definition) is 7. The predicted molar refractivity (Wildman–Crippen MR) is 89.9 cm³/mol. The van der Waals surface area contributed by atoms with E-state index in [0.717, 1.165) is 16.7 Å². The molecule has 0 saturated carbocycles. The van der Waals surface area contributed by atoms with Gasteiger partial charge in [0.2, 0.25) is 0 Å². The number of hydrazine groups is 1. The van der Waals surface area contributed by atoms with Gasteiger partial charge in [-0.3, -0.25) is 11.3 Å². The van der Waals surface area contributed by atoms with Gasteiger partial charge in [-0.05, 0) is 29.8 Å². The molecule has 0 spiro atoms. The maximum atomic E-state index is 5.88. The molecule has 1 aliphatic heterocycles. The molecule has 1 unspecified atom stereocenters. The van der Waals surface area contributed by atoms with Crippen molar-refractivity contribution in [3.8, 4) is 5.75 Å². The van der Waals surface area contributed by atoms with Gasteiger partial charge in [-0.2, -0.15) is 10.2 Å². The van der Waals surface area contributed by atoms with Crippen molar-refractivity contribution in [3.05, 3.63) is 65.2 Å². The summed E-state index contributed by atoms with van der Waals surface area (Å²) in [4.78, 5) is 0. The number of ether oxygens (including phenoxy) is 1. The Morgan fingerprint density at radius 3 is 2.74 bits per heavy atom. The molecule has 7 nitrogen and oxygen atoms in total.